The maximum absolute atomic E-state index is 12.8. The monoisotopic (exact) mass is 364 g/mol. The topological polar surface area (TPSA) is 49.3 Å². The van der Waals surface area contributed by atoms with Crippen LogP contribution >= 0.6 is 0 Å². The fourth-order valence-corrected chi connectivity index (χ4v) is 2.87. The van der Waals surface area contributed by atoms with Crippen molar-refractivity contribution in [2.75, 3.05) is 31.1 Å². The molecule has 1 aromatic carbocycles. The van der Waals surface area contributed by atoms with Gasteiger partial charge in [0.15, 0.2) is 0 Å². The van der Waals surface area contributed by atoms with Gasteiger partial charge in [-0.25, -0.2) is 9.97 Å². The molecule has 0 saturated carbocycles. The lowest BCUT2D eigenvalue weighted by atomic mass is 10.1. The van der Waals surface area contributed by atoms with E-state index in [1.54, 1.807) is 15.9 Å². The molecular formula is C18H19F3N4O. The molecule has 8 heteroatoms. The lowest BCUT2D eigenvalue weighted by Crippen LogP contribution is -2.49. The Morgan fingerprint density at radius 2 is 1.69 bits per heavy atom. The molecule has 1 fully saturated rings. The Morgan fingerprint density at radius 1 is 1.00 bits per heavy atom. The van der Waals surface area contributed by atoms with E-state index < -0.39 is 11.9 Å². The van der Waals surface area contributed by atoms with Crippen molar-refractivity contribution >= 4 is 11.7 Å². The number of carbonyl (C=O) groups is 1. The summed E-state index contributed by atoms with van der Waals surface area (Å²) in [4.78, 5) is 23.3. The summed E-state index contributed by atoms with van der Waals surface area (Å²) in [5.74, 6) is 0.164. The number of anilines is 1. The minimum Gasteiger partial charge on any atom is -0.353 e. The van der Waals surface area contributed by atoms with E-state index in [0.29, 0.717) is 31.7 Å². The van der Waals surface area contributed by atoms with Crippen LogP contribution in [0, 0.1) is 13.8 Å². The Labute approximate surface area is 149 Å². The molecule has 3 rings (SSSR count). The van der Waals surface area contributed by atoms with Crippen LogP contribution in [0.2, 0.25) is 0 Å². The molecule has 26 heavy (non-hydrogen) atoms. The van der Waals surface area contributed by atoms with Crippen LogP contribution in [0.15, 0.2) is 30.6 Å². The average molecular weight is 364 g/mol. The fourth-order valence-electron chi connectivity index (χ4n) is 2.87. The van der Waals surface area contributed by atoms with Crippen LogP contribution in [0.5, 0.6) is 0 Å². The Kier molecular flexibility index (Phi) is 4.84. The standard InChI is InChI=1S/C18H19F3N4O/c1-12-3-4-14(9-13(12)2)17(26)25-7-5-24(6-8-25)16-10-15(18(19,20)21)22-11-23-16/h3-4,9-11H,5-8H2,1-2H3. The predicted octanol–water partition coefficient (Wildman–Crippen LogP) is 3.07. The normalized spacial score (nSPS) is 15.3. The minimum absolute atomic E-state index is 0.0635. The summed E-state index contributed by atoms with van der Waals surface area (Å²) in [5, 5.41) is 0. The first-order valence-corrected chi connectivity index (χ1v) is 8.26. The fraction of sp³-hybridized carbons (Fsp3) is 0.389. The second kappa shape index (κ2) is 6.93. The van der Waals surface area contributed by atoms with E-state index in [1.807, 2.05) is 26.0 Å². The average Bonchev–Trinajstić information content (AvgIpc) is 2.63. The molecule has 138 valence electrons. The van der Waals surface area contributed by atoms with E-state index in [2.05, 4.69) is 9.97 Å². The third-order valence-electron chi connectivity index (χ3n) is 4.59. The summed E-state index contributed by atoms with van der Waals surface area (Å²) in [6.45, 7) is 5.64. The first kappa shape index (κ1) is 18.2. The molecule has 0 aliphatic carbocycles. The second-order valence-electron chi connectivity index (χ2n) is 6.34. The number of benzene rings is 1. The molecule has 0 spiro atoms. The molecule has 0 unspecified atom stereocenters. The summed E-state index contributed by atoms with van der Waals surface area (Å²) >= 11 is 0. The van der Waals surface area contributed by atoms with Gasteiger partial charge >= 0.3 is 6.18 Å². The zero-order valence-corrected chi connectivity index (χ0v) is 14.5. The van der Waals surface area contributed by atoms with Crippen LogP contribution < -0.4 is 4.90 Å². The first-order chi connectivity index (χ1) is 12.3. The van der Waals surface area contributed by atoms with Crippen LogP contribution in [0.1, 0.15) is 27.2 Å². The maximum atomic E-state index is 12.8. The van der Waals surface area contributed by atoms with Gasteiger partial charge in [-0.05, 0) is 37.1 Å². The number of hydrogen-bond donors (Lipinski definition) is 0. The number of nitrogens with zero attached hydrogens (tertiary/aromatic N) is 4. The highest BCUT2D eigenvalue weighted by Crippen LogP contribution is 2.29. The van der Waals surface area contributed by atoms with Crippen molar-refractivity contribution in [3.05, 3.63) is 53.0 Å². The van der Waals surface area contributed by atoms with E-state index in [0.717, 1.165) is 23.5 Å². The smallest absolute Gasteiger partial charge is 0.353 e. The predicted molar refractivity (Wildman–Crippen MR) is 91.1 cm³/mol. The van der Waals surface area contributed by atoms with Crippen molar-refractivity contribution in [3.8, 4) is 0 Å². The Balaban J connectivity index is 1.67. The van der Waals surface area contributed by atoms with Crippen molar-refractivity contribution in [2.24, 2.45) is 0 Å². The number of hydrogen-bond acceptors (Lipinski definition) is 4. The summed E-state index contributed by atoms with van der Waals surface area (Å²) in [6.07, 6.45) is -3.58. The van der Waals surface area contributed by atoms with Crippen LogP contribution in [-0.4, -0.2) is 47.0 Å². The SMILES string of the molecule is Cc1ccc(C(=O)N2CCN(c3cc(C(F)(F)F)ncn3)CC2)cc1C. The molecule has 1 amide bonds. The number of aromatic nitrogens is 2. The largest absolute Gasteiger partial charge is 0.433 e. The summed E-state index contributed by atoms with van der Waals surface area (Å²) in [5.41, 5.74) is 1.84. The summed E-state index contributed by atoms with van der Waals surface area (Å²) in [7, 11) is 0. The highest BCUT2D eigenvalue weighted by Gasteiger charge is 2.33. The summed E-state index contributed by atoms with van der Waals surface area (Å²) in [6, 6.07) is 6.53. The van der Waals surface area contributed by atoms with E-state index in [1.165, 1.54) is 0 Å². The molecular weight excluding hydrogens is 345 g/mol. The minimum atomic E-state index is -4.50. The van der Waals surface area contributed by atoms with Gasteiger partial charge in [-0.1, -0.05) is 6.07 Å². The maximum Gasteiger partial charge on any atom is 0.433 e. The number of piperazine rings is 1. The van der Waals surface area contributed by atoms with E-state index in [4.69, 9.17) is 0 Å². The van der Waals surface area contributed by atoms with Crippen molar-refractivity contribution < 1.29 is 18.0 Å². The zero-order chi connectivity index (χ0) is 18.9. The van der Waals surface area contributed by atoms with Gasteiger partial charge in [0, 0.05) is 37.8 Å². The molecule has 1 aliphatic rings. The Morgan fingerprint density at radius 3 is 2.31 bits per heavy atom. The molecule has 1 aliphatic heterocycles. The number of alkyl halides is 3. The van der Waals surface area contributed by atoms with E-state index >= 15 is 0 Å². The molecule has 0 atom stereocenters. The van der Waals surface area contributed by atoms with Crippen molar-refractivity contribution in [1.29, 1.82) is 0 Å². The van der Waals surface area contributed by atoms with Crippen molar-refractivity contribution in [3.63, 3.8) is 0 Å². The Hall–Kier alpha value is -2.64. The van der Waals surface area contributed by atoms with Gasteiger partial charge in [-0.15, -0.1) is 0 Å². The Bertz CT molecular complexity index is 814. The third kappa shape index (κ3) is 3.79. The third-order valence-corrected chi connectivity index (χ3v) is 4.59. The summed E-state index contributed by atoms with van der Waals surface area (Å²) < 4.78 is 38.4. The highest BCUT2D eigenvalue weighted by molar-refractivity contribution is 5.94. The number of halogens is 3. The number of carbonyl (C=O) groups excluding carboxylic acids is 1. The van der Waals surface area contributed by atoms with Crippen molar-refractivity contribution in [1.82, 2.24) is 14.9 Å². The molecule has 1 saturated heterocycles. The molecule has 1 aromatic heterocycles. The van der Waals surface area contributed by atoms with Crippen LogP contribution in [0.3, 0.4) is 0 Å². The van der Waals surface area contributed by atoms with Gasteiger partial charge in [-0.2, -0.15) is 13.2 Å². The molecule has 5 nitrogen and oxygen atoms in total. The molecule has 2 aromatic rings. The molecule has 0 radical (unpaired) electrons. The van der Waals surface area contributed by atoms with Gasteiger partial charge in [0.1, 0.15) is 17.8 Å². The number of aryl methyl sites for hydroxylation is 2. The van der Waals surface area contributed by atoms with Gasteiger partial charge in [0.2, 0.25) is 0 Å². The van der Waals surface area contributed by atoms with E-state index in [-0.39, 0.29) is 11.7 Å². The van der Waals surface area contributed by atoms with Gasteiger partial charge in [0.25, 0.3) is 5.91 Å². The lowest BCUT2D eigenvalue weighted by molar-refractivity contribution is -0.141. The van der Waals surface area contributed by atoms with Crippen molar-refractivity contribution in [2.45, 2.75) is 20.0 Å². The zero-order valence-electron chi connectivity index (χ0n) is 14.5. The van der Waals surface area contributed by atoms with Crippen LogP contribution in [0.4, 0.5) is 19.0 Å². The number of amides is 1. The quantitative estimate of drug-likeness (QED) is 0.822. The highest BCUT2D eigenvalue weighted by atomic mass is 19.4. The second-order valence-corrected chi connectivity index (χ2v) is 6.34. The molecule has 2 heterocycles. The van der Waals surface area contributed by atoms with E-state index in [9.17, 15) is 18.0 Å². The van der Waals surface area contributed by atoms with Gasteiger partial charge < -0.3 is 9.80 Å². The lowest BCUT2D eigenvalue weighted by Gasteiger charge is -2.35. The molecule has 0 bridgehead atoms. The van der Waals surface area contributed by atoms with Gasteiger partial charge in [0.05, 0.1) is 0 Å². The van der Waals surface area contributed by atoms with Crippen LogP contribution in [-0.2, 0) is 6.18 Å². The van der Waals surface area contributed by atoms with Crippen LogP contribution in [0.25, 0.3) is 0 Å². The first-order valence-electron chi connectivity index (χ1n) is 8.26. The van der Waals surface area contributed by atoms with Gasteiger partial charge in [-0.3, -0.25) is 4.79 Å². The molecule has 0 N–H and O–H groups in total. The number of rotatable bonds is 2.